The molecule has 1 amide bonds. The second kappa shape index (κ2) is 6.96. The van der Waals surface area contributed by atoms with Crippen molar-refractivity contribution in [1.29, 1.82) is 0 Å². The van der Waals surface area contributed by atoms with Gasteiger partial charge in [0.25, 0.3) is 5.91 Å². The monoisotopic (exact) mass is 308 g/mol. The van der Waals surface area contributed by atoms with Crippen molar-refractivity contribution >= 4 is 11.9 Å². The molecule has 1 aromatic rings. The fourth-order valence-electron chi connectivity index (χ4n) is 2.99. The average Bonchev–Trinajstić information content (AvgIpc) is 2.78. The first kappa shape index (κ1) is 16.5. The first-order valence-electron chi connectivity index (χ1n) is 7.76. The Hall–Kier alpha value is -1.82. The average molecular weight is 308 g/mol. The van der Waals surface area contributed by atoms with Crippen molar-refractivity contribution in [2.45, 2.75) is 34.2 Å². The van der Waals surface area contributed by atoms with Gasteiger partial charge in [0.1, 0.15) is 5.69 Å². The van der Waals surface area contributed by atoms with Gasteiger partial charge in [-0.3, -0.25) is 4.79 Å². The van der Waals surface area contributed by atoms with Crippen LogP contribution in [-0.2, 0) is 16.0 Å². The minimum Gasteiger partial charge on any atom is -0.461 e. The van der Waals surface area contributed by atoms with Gasteiger partial charge in [-0.05, 0) is 33.3 Å². The van der Waals surface area contributed by atoms with E-state index in [4.69, 9.17) is 9.47 Å². The molecule has 1 saturated heterocycles. The zero-order valence-corrected chi connectivity index (χ0v) is 13.8. The second-order valence-electron chi connectivity index (χ2n) is 5.30. The topological polar surface area (TPSA) is 60.8 Å². The summed E-state index contributed by atoms with van der Waals surface area (Å²) in [6, 6.07) is 0. The van der Waals surface area contributed by atoms with E-state index < -0.39 is 0 Å². The largest absolute Gasteiger partial charge is 0.461 e. The van der Waals surface area contributed by atoms with Gasteiger partial charge in [-0.1, -0.05) is 0 Å². The molecule has 2 rings (SSSR count). The molecule has 1 fully saturated rings. The van der Waals surface area contributed by atoms with Gasteiger partial charge in [0.05, 0.1) is 25.4 Å². The number of esters is 1. The maximum Gasteiger partial charge on any atom is 0.355 e. The molecule has 1 aliphatic rings. The number of carbonyl (C=O) groups excluding carboxylic acids is 2. The number of rotatable bonds is 4. The van der Waals surface area contributed by atoms with Gasteiger partial charge in [0.2, 0.25) is 0 Å². The maximum atomic E-state index is 12.8. The van der Waals surface area contributed by atoms with Crippen LogP contribution in [0.25, 0.3) is 0 Å². The van der Waals surface area contributed by atoms with Crippen molar-refractivity contribution in [1.82, 2.24) is 9.47 Å². The molecule has 0 N–H and O–H groups in total. The van der Waals surface area contributed by atoms with Gasteiger partial charge in [0.15, 0.2) is 0 Å². The van der Waals surface area contributed by atoms with E-state index in [0.29, 0.717) is 56.3 Å². The molecule has 0 saturated carbocycles. The zero-order valence-electron chi connectivity index (χ0n) is 13.8. The fraction of sp³-hybridized carbons (Fsp3) is 0.625. The molecule has 0 unspecified atom stereocenters. The van der Waals surface area contributed by atoms with Crippen LogP contribution in [0.5, 0.6) is 0 Å². The Labute approximate surface area is 131 Å². The van der Waals surface area contributed by atoms with Gasteiger partial charge >= 0.3 is 5.97 Å². The van der Waals surface area contributed by atoms with Gasteiger partial charge in [-0.25, -0.2) is 4.79 Å². The van der Waals surface area contributed by atoms with Crippen LogP contribution in [0.1, 0.15) is 46.0 Å². The van der Waals surface area contributed by atoms with Gasteiger partial charge in [-0.2, -0.15) is 0 Å². The van der Waals surface area contributed by atoms with Crippen molar-refractivity contribution < 1.29 is 19.1 Å². The number of hydrogen-bond acceptors (Lipinski definition) is 4. The molecule has 0 atom stereocenters. The van der Waals surface area contributed by atoms with Gasteiger partial charge < -0.3 is 18.9 Å². The number of amides is 1. The molecule has 0 spiro atoms. The Balaban J connectivity index is 2.43. The number of carbonyl (C=O) groups is 2. The predicted molar refractivity (Wildman–Crippen MR) is 82.3 cm³/mol. The summed E-state index contributed by atoms with van der Waals surface area (Å²) in [6.07, 6.45) is 0. The van der Waals surface area contributed by atoms with E-state index >= 15 is 0 Å². The van der Waals surface area contributed by atoms with Crippen LogP contribution in [0.15, 0.2) is 0 Å². The van der Waals surface area contributed by atoms with E-state index in [9.17, 15) is 9.59 Å². The highest BCUT2D eigenvalue weighted by Crippen LogP contribution is 2.25. The number of aromatic nitrogens is 1. The van der Waals surface area contributed by atoms with E-state index in [1.54, 1.807) is 11.8 Å². The van der Waals surface area contributed by atoms with Crippen LogP contribution in [0.2, 0.25) is 0 Å². The van der Waals surface area contributed by atoms with Crippen LogP contribution in [0.4, 0.5) is 0 Å². The Kier molecular flexibility index (Phi) is 5.24. The third kappa shape index (κ3) is 2.88. The van der Waals surface area contributed by atoms with Crippen LogP contribution in [0.3, 0.4) is 0 Å². The second-order valence-corrected chi connectivity index (χ2v) is 5.30. The Morgan fingerprint density at radius 2 is 1.82 bits per heavy atom. The smallest absolute Gasteiger partial charge is 0.355 e. The highest BCUT2D eigenvalue weighted by molar-refractivity contribution is 6.01. The number of nitrogens with zero attached hydrogens (tertiary/aromatic N) is 2. The normalized spacial score (nSPS) is 15.0. The summed E-state index contributed by atoms with van der Waals surface area (Å²) in [5.74, 6) is -0.401. The predicted octanol–water partition coefficient (Wildman–Crippen LogP) is 1.77. The summed E-state index contributed by atoms with van der Waals surface area (Å²) in [5.41, 5.74) is 2.62. The third-order valence-electron chi connectivity index (χ3n) is 4.06. The standard InChI is InChI=1S/C16H24N2O4/c1-5-18-12(4)13(11(3)14(18)16(20)22-6-2)15(19)17-7-9-21-10-8-17/h5-10H2,1-4H3. The lowest BCUT2D eigenvalue weighted by molar-refractivity contribution is 0.0302. The van der Waals surface area contributed by atoms with Crippen molar-refractivity contribution in [2.75, 3.05) is 32.9 Å². The van der Waals surface area contributed by atoms with Crippen LogP contribution >= 0.6 is 0 Å². The maximum absolute atomic E-state index is 12.8. The van der Waals surface area contributed by atoms with E-state index in [0.717, 1.165) is 5.69 Å². The Morgan fingerprint density at radius 1 is 1.18 bits per heavy atom. The summed E-state index contributed by atoms with van der Waals surface area (Å²) in [6.45, 7) is 10.7. The van der Waals surface area contributed by atoms with E-state index in [1.807, 2.05) is 25.3 Å². The highest BCUT2D eigenvalue weighted by Gasteiger charge is 2.29. The lowest BCUT2D eigenvalue weighted by Gasteiger charge is -2.27. The van der Waals surface area contributed by atoms with Crippen molar-refractivity contribution in [3.05, 3.63) is 22.5 Å². The van der Waals surface area contributed by atoms with Crippen molar-refractivity contribution in [2.24, 2.45) is 0 Å². The molecular formula is C16H24N2O4. The molecule has 6 nitrogen and oxygen atoms in total. The summed E-state index contributed by atoms with van der Waals surface area (Å²) in [5, 5.41) is 0. The summed E-state index contributed by atoms with van der Waals surface area (Å²) in [4.78, 5) is 26.8. The van der Waals surface area contributed by atoms with E-state index in [2.05, 4.69) is 0 Å². The first-order chi connectivity index (χ1) is 10.5. The van der Waals surface area contributed by atoms with E-state index in [-0.39, 0.29) is 11.9 Å². The van der Waals surface area contributed by atoms with Crippen LogP contribution < -0.4 is 0 Å². The molecule has 0 aliphatic carbocycles. The molecule has 2 heterocycles. The summed E-state index contributed by atoms with van der Waals surface area (Å²) in [7, 11) is 0. The highest BCUT2D eigenvalue weighted by atomic mass is 16.5. The van der Waals surface area contributed by atoms with Crippen LogP contribution in [-0.4, -0.2) is 54.3 Å². The molecule has 22 heavy (non-hydrogen) atoms. The molecule has 0 bridgehead atoms. The van der Waals surface area contributed by atoms with Crippen molar-refractivity contribution in [3.63, 3.8) is 0 Å². The SMILES string of the molecule is CCOC(=O)c1c(C)c(C(=O)N2CCOCC2)c(C)n1CC. The summed E-state index contributed by atoms with van der Waals surface area (Å²) >= 11 is 0. The molecule has 0 radical (unpaired) electrons. The number of ether oxygens (including phenoxy) is 2. The Morgan fingerprint density at radius 3 is 2.36 bits per heavy atom. The molecule has 1 aliphatic heterocycles. The van der Waals surface area contributed by atoms with Crippen LogP contribution in [0, 0.1) is 13.8 Å². The van der Waals surface area contributed by atoms with E-state index in [1.165, 1.54) is 0 Å². The molecular weight excluding hydrogens is 284 g/mol. The summed E-state index contributed by atoms with van der Waals surface area (Å²) < 4.78 is 12.3. The molecule has 0 aromatic carbocycles. The lowest BCUT2D eigenvalue weighted by atomic mass is 10.1. The van der Waals surface area contributed by atoms with Gasteiger partial charge in [0, 0.05) is 25.3 Å². The minimum atomic E-state index is -0.369. The fourth-order valence-corrected chi connectivity index (χ4v) is 2.99. The quantitative estimate of drug-likeness (QED) is 0.795. The molecule has 6 heteroatoms. The number of hydrogen-bond donors (Lipinski definition) is 0. The van der Waals surface area contributed by atoms with Crippen molar-refractivity contribution in [3.8, 4) is 0 Å². The first-order valence-corrected chi connectivity index (χ1v) is 7.76. The number of morpholine rings is 1. The third-order valence-corrected chi connectivity index (χ3v) is 4.06. The Bertz CT molecular complexity index is 571. The van der Waals surface area contributed by atoms with Gasteiger partial charge in [-0.15, -0.1) is 0 Å². The minimum absolute atomic E-state index is 0.0314. The molecule has 122 valence electrons. The zero-order chi connectivity index (χ0) is 16.3. The molecule has 1 aromatic heterocycles. The lowest BCUT2D eigenvalue weighted by Crippen LogP contribution is -2.41.